The van der Waals surface area contributed by atoms with Crippen molar-refractivity contribution in [2.45, 2.75) is 17.4 Å². The van der Waals surface area contributed by atoms with Crippen LogP contribution < -0.4 is 14.8 Å². The first-order valence-corrected chi connectivity index (χ1v) is 7.60. The maximum Gasteiger partial charge on any atom is 0.262 e. The van der Waals surface area contributed by atoms with Crippen molar-refractivity contribution in [2.75, 3.05) is 25.1 Å². The molecule has 9 heteroatoms. The summed E-state index contributed by atoms with van der Waals surface area (Å²) >= 11 is 0. The third kappa shape index (κ3) is 3.32. The van der Waals surface area contributed by atoms with E-state index < -0.39 is 28.8 Å². The first-order chi connectivity index (χ1) is 9.79. The molecule has 1 aromatic carbocycles. The van der Waals surface area contributed by atoms with E-state index in [4.69, 9.17) is 14.9 Å². The second-order valence-corrected chi connectivity index (χ2v) is 6.66. The fourth-order valence-electron chi connectivity index (χ4n) is 1.73. The molecule has 0 radical (unpaired) electrons. The second kappa shape index (κ2) is 5.60. The molecular weight excluding hydrogens is 300 g/mol. The molecule has 0 bridgehead atoms. The van der Waals surface area contributed by atoms with Crippen molar-refractivity contribution in [3.8, 4) is 5.75 Å². The summed E-state index contributed by atoms with van der Waals surface area (Å²) in [5.74, 6) is 0.00110. The molecule has 0 spiro atoms. The van der Waals surface area contributed by atoms with Gasteiger partial charge in [-0.3, -0.25) is 4.79 Å². The number of aliphatic hydroxyl groups excluding tert-OH is 2. The van der Waals surface area contributed by atoms with Gasteiger partial charge in [0.1, 0.15) is 5.75 Å². The highest BCUT2D eigenvalue weighted by Crippen LogP contribution is 2.30. The molecule has 1 heterocycles. The highest BCUT2D eigenvalue weighted by atomic mass is 32.2. The Kier molecular flexibility index (Phi) is 4.19. The van der Waals surface area contributed by atoms with E-state index in [0.29, 0.717) is 5.75 Å². The van der Waals surface area contributed by atoms with Gasteiger partial charge in [0.25, 0.3) is 5.91 Å². The van der Waals surface area contributed by atoms with E-state index in [1.807, 2.05) is 0 Å². The molecule has 1 aliphatic rings. The van der Waals surface area contributed by atoms with Crippen LogP contribution in [0.25, 0.3) is 0 Å². The summed E-state index contributed by atoms with van der Waals surface area (Å²) < 4.78 is 31.9. The topological polar surface area (TPSA) is 125 Å². The zero-order valence-electron chi connectivity index (χ0n) is 11.3. The van der Waals surface area contributed by atoms with Gasteiger partial charge in [0.05, 0.1) is 29.3 Å². The molecule has 1 aromatic rings. The lowest BCUT2D eigenvalue weighted by Gasteiger charge is -2.26. The lowest BCUT2D eigenvalue weighted by molar-refractivity contribution is -0.118. The number of carbonyl (C=O) groups excluding carboxylic acids is 1. The van der Waals surface area contributed by atoms with Crippen LogP contribution >= 0.6 is 0 Å². The highest BCUT2D eigenvalue weighted by Gasteiger charge is 2.30. The molecule has 0 atom stereocenters. The standard InChI is InChI=1S/C12H16N2O6S/c1-12(6-15,7-16)14-21(18,19)8-2-3-10-9(4-8)13-11(17)5-20-10/h2-4,14-16H,5-7H2,1H3,(H,13,17). The number of benzene rings is 1. The zero-order valence-corrected chi connectivity index (χ0v) is 12.1. The monoisotopic (exact) mass is 316 g/mol. The van der Waals surface area contributed by atoms with E-state index in [-0.39, 0.29) is 23.1 Å². The number of nitrogens with one attached hydrogen (secondary N) is 2. The fraction of sp³-hybridized carbons (Fsp3) is 0.417. The molecule has 0 aliphatic carbocycles. The maximum atomic E-state index is 12.2. The molecule has 2 rings (SSSR count). The summed E-state index contributed by atoms with van der Waals surface area (Å²) in [5, 5.41) is 20.8. The first-order valence-electron chi connectivity index (χ1n) is 6.12. The van der Waals surface area contributed by atoms with Gasteiger partial charge < -0.3 is 20.3 Å². The Bertz CT molecular complexity index is 654. The van der Waals surface area contributed by atoms with Crippen LogP contribution in [0.2, 0.25) is 0 Å². The number of rotatable bonds is 5. The van der Waals surface area contributed by atoms with E-state index >= 15 is 0 Å². The van der Waals surface area contributed by atoms with Gasteiger partial charge in [0.2, 0.25) is 10.0 Å². The molecule has 0 aromatic heterocycles. The van der Waals surface area contributed by atoms with E-state index in [1.54, 1.807) is 0 Å². The predicted octanol–water partition coefficient (Wildman–Crippen LogP) is -0.961. The van der Waals surface area contributed by atoms with Crippen LogP contribution in [-0.4, -0.2) is 49.9 Å². The first kappa shape index (κ1) is 15.7. The van der Waals surface area contributed by atoms with Gasteiger partial charge in [0.15, 0.2) is 6.61 Å². The molecule has 4 N–H and O–H groups in total. The Labute approximate surface area is 121 Å². The molecule has 0 fully saturated rings. The van der Waals surface area contributed by atoms with Crippen LogP contribution in [0.4, 0.5) is 5.69 Å². The molecule has 1 aliphatic heterocycles. The molecule has 116 valence electrons. The number of ether oxygens (including phenoxy) is 1. The summed E-state index contributed by atoms with van der Waals surface area (Å²) in [7, 11) is -3.97. The van der Waals surface area contributed by atoms with E-state index in [2.05, 4.69) is 10.0 Å². The van der Waals surface area contributed by atoms with Gasteiger partial charge in [0, 0.05) is 0 Å². The molecule has 0 unspecified atom stereocenters. The Hall–Kier alpha value is -1.68. The molecular formula is C12H16N2O6S. The third-order valence-corrected chi connectivity index (χ3v) is 4.61. The minimum atomic E-state index is -3.97. The fourth-order valence-corrected chi connectivity index (χ4v) is 3.14. The summed E-state index contributed by atoms with van der Waals surface area (Å²) in [6.45, 7) is 0.124. The number of aliphatic hydroxyl groups is 2. The van der Waals surface area contributed by atoms with Gasteiger partial charge in [-0.05, 0) is 25.1 Å². The summed E-state index contributed by atoms with van der Waals surface area (Å²) in [6.07, 6.45) is 0. The molecule has 0 saturated carbocycles. The number of fused-ring (bicyclic) bond motifs is 1. The number of hydrogen-bond acceptors (Lipinski definition) is 6. The molecule has 21 heavy (non-hydrogen) atoms. The molecule has 1 amide bonds. The van der Waals surface area contributed by atoms with Crippen LogP contribution in [0.3, 0.4) is 0 Å². The second-order valence-electron chi connectivity index (χ2n) is 4.98. The van der Waals surface area contributed by atoms with Crippen LogP contribution in [0.15, 0.2) is 23.1 Å². The Morgan fingerprint density at radius 2 is 2.05 bits per heavy atom. The Morgan fingerprint density at radius 1 is 1.38 bits per heavy atom. The number of anilines is 1. The molecule has 0 saturated heterocycles. The van der Waals surface area contributed by atoms with Gasteiger partial charge in [-0.15, -0.1) is 0 Å². The summed E-state index contributed by atoms with van der Waals surface area (Å²) in [6, 6.07) is 4.00. The minimum Gasteiger partial charge on any atom is -0.482 e. The quantitative estimate of drug-likeness (QED) is 0.554. The van der Waals surface area contributed by atoms with Crippen molar-refractivity contribution in [3.63, 3.8) is 0 Å². The van der Waals surface area contributed by atoms with Crippen LogP contribution in [-0.2, 0) is 14.8 Å². The average Bonchev–Trinajstić information content (AvgIpc) is 2.45. The van der Waals surface area contributed by atoms with Gasteiger partial charge in [-0.2, -0.15) is 0 Å². The van der Waals surface area contributed by atoms with Gasteiger partial charge in [-0.1, -0.05) is 0 Å². The van der Waals surface area contributed by atoms with Crippen LogP contribution in [0.1, 0.15) is 6.92 Å². The largest absolute Gasteiger partial charge is 0.482 e. The predicted molar refractivity (Wildman–Crippen MR) is 73.5 cm³/mol. The number of sulfonamides is 1. The van der Waals surface area contributed by atoms with E-state index in [0.717, 1.165) is 0 Å². The van der Waals surface area contributed by atoms with Crippen molar-refractivity contribution in [2.24, 2.45) is 0 Å². The number of hydrogen-bond donors (Lipinski definition) is 4. The van der Waals surface area contributed by atoms with Gasteiger partial charge >= 0.3 is 0 Å². The maximum absolute atomic E-state index is 12.2. The van der Waals surface area contributed by atoms with Crippen molar-refractivity contribution >= 4 is 21.6 Å². The number of carbonyl (C=O) groups is 1. The third-order valence-electron chi connectivity index (χ3n) is 2.97. The van der Waals surface area contributed by atoms with Crippen LogP contribution in [0.5, 0.6) is 5.75 Å². The lowest BCUT2D eigenvalue weighted by atomic mass is 10.1. The van der Waals surface area contributed by atoms with Crippen molar-refractivity contribution < 1.29 is 28.2 Å². The number of amides is 1. The van der Waals surface area contributed by atoms with E-state index in [9.17, 15) is 13.2 Å². The summed E-state index contributed by atoms with van der Waals surface area (Å²) in [4.78, 5) is 11.1. The summed E-state index contributed by atoms with van der Waals surface area (Å²) in [5.41, 5.74) is -1.13. The lowest BCUT2D eigenvalue weighted by Crippen LogP contribution is -2.51. The van der Waals surface area contributed by atoms with Crippen LogP contribution in [0, 0.1) is 0 Å². The van der Waals surface area contributed by atoms with Crippen molar-refractivity contribution in [3.05, 3.63) is 18.2 Å². The zero-order chi connectivity index (χ0) is 15.7. The Balaban J connectivity index is 2.33. The van der Waals surface area contributed by atoms with Crippen molar-refractivity contribution in [1.29, 1.82) is 0 Å². The van der Waals surface area contributed by atoms with Gasteiger partial charge in [-0.25, -0.2) is 13.1 Å². The average molecular weight is 316 g/mol. The van der Waals surface area contributed by atoms with E-state index in [1.165, 1.54) is 25.1 Å². The Morgan fingerprint density at radius 3 is 2.67 bits per heavy atom. The molecule has 8 nitrogen and oxygen atoms in total. The smallest absolute Gasteiger partial charge is 0.262 e. The normalized spacial score (nSPS) is 15.1. The highest BCUT2D eigenvalue weighted by molar-refractivity contribution is 7.89. The van der Waals surface area contributed by atoms with Crippen molar-refractivity contribution in [1.82, 2.24) is 4.72 Å². The minimum absolute atomic E-state index is 0.111. The SMILES string of the molecule is CC(CO)(CO)NS(=O)(=O)c1ccc2c(c1)NC(=O)CO2.